The van der Waals surface area contributed by atoms with E-state index >= 15 is 0 Å². The number of anilines is 2. The highest BCUT2D eigenvalue weighted by molar-refractivity contribution is 6.30. The molecule has 0 aliphatic rings. The number of aromatic nitrogens is 2. The van der Waals surface area contributed by atoms with Gasteiger partial charge in [-0.05, 0) is 42.7 Å². The third-order valence-electron chi connectivity index (χ3n) is 3.84. The van der Waals surface area contributed by atoms with Gasteiger partial charge in [-0.3, -0.25) is 0 Å². The van der Waals surface area contributed by atoms with E-state index in [0.717, 1.165) is 23.8 Å². The molecule has 0 spiro atoms. The van der Waals surface area contributed by atoms with Crippen LogP contribution in [0.2, 0.25) is 5.02 Å². The first-order valence-electron chi connectivity index (χ1n) is 8.30. The van der Waals surface area contributed by atoms with Crippen LogP contribution < -0.4 is 10.6 Å². The van der Waals surface area contributed by atoms with Gasteiger partial charge in [0.2, 0.25) is 5.95 Å². The van der Waals surface area contributed by atoms with Crippen molar-refractivity contribution in [1.29, 1.82) is 0 Å². The molecule has 0 unspecified atom stereocenters. The van der Waals surface area contributed by atoms with Gasteiger partial charge in [0.1, 0.15) is 5.82 Å². The molecule has 0 radical (unpaired) electrons. The van der Waals surface area contributed by atoms with Crippen molar-refractivity contribution < 1.29 is 0 Å². The van der Waals surface area contributed by atoms with Crippen LogP contribution in [0, 0.1) is 6.92 Å². The second-order valence-electron chi connectivity index (χ2n) is 5.91. The predicted molar refractivity (Wildman–Crippen MR) is 104 cm³/mol. The van der Waals surface area contributed by atoms with Crippen molar-refractivity contribution in [3.05, 3.63) is 82.5 Å². The monoisotopic (exact) mass is 352 g/mol. The molecule has 4 nitrogen and oxygen atoms in total. The van der Waals surface area contributed by atoms with E-state index in [1.807, 2.05) is 24.3 Å². The fraction of sp³-hybridized carbons (Fsp3) is 0.200. The summed E-state index contributed by atoms with van der Waals surface area (Å²) in [6.45, 7) is 3.57. The van der Waals surface area contributed by atoms with Crippen molar-refractivity contribution in [3.8, 4) is 0 Å². The molecular formula is C20H21ClN4. The van der Waals surface area contributed by atoms with Gasteiger partial charge in [-0.15, -0.1) is 0 Å². The third kappa shape index (κ3) is 5.47. The molecule has 0 aliphatic carbocycles. The molecule has 2 N–H and O–H groups in total. The minimum atomic E-state index is 0.619. The Morgan fingerprint density at radius 1 is 0.960 bits per heavy atom. The van der Waals surface area contributed by atoms with Crippen molar-refractivity contribution in [2.45, 2.75) is 19.9 Å². The average molecular weight is 353 g/mol. The summed E-state index contributed by atoms with van der Waals surface area (Å²) in [5.41, 5.74) is 3.66. The lowest BCUT2D eigenvalue weighted by Crippen LogP contribution is -2.09. The Kier molecular flexibility index (Phi) is 5.86. The molecule has 1 heterocycles. The van der Waals surface area contributed by atoms with E-state index in [1.54, 1.807) is 6.20 Å². The molecule has 128 valence electrons. The fourth-order valence-electron chi connectivity index (χ4n) is 2.46. The summed E-state index contributed by atoms with van der Waals surface area (Å²) >= 11 is 6.01. The summed E-state index contributed by atoms with van der Waals surface area (Å²) in [5, 5.41) is 7.35. The highest BCUT2D eigenvalue weighted by Crippen LogP contribution is 2.12. The first-order valence-corrected chi connectivity index (χ1v) is 8.67. The van der Waals surface area contributed by atoms with Crippen LogP contribution in [0.4, 0.5) is 11.8 Å². The lowest BCUT2D eigenvalue weighted by Gasteiger charge is -2.09. The second kappa shape index (κ2) is 8.49. The normalized spacial score (nSPS) is 10.5. The smallest absolute Gasteiger partial charge is 0.224 e. The number of hydrogen-bond acceptors (Lipinski definition) is 4. The number of benzene rings is 2. The number of rotatable bonds is 7. The zero-order chi connectivity index (χ0) is 17.5. The van der Waals surface area contributed by atoms with Crippen LogP contribution in [0.25, 0.3) is 0 Å². The first-order chi connectivity index (χ1) is 12.2. The Labute approximate surface area is 153 Å². The maximum atomic E-state index is 6.01. The highest BCUT2D eigenvalue weighted by Gasteiger charge is 2.00. The van der Waals surface area contributed by atoms with Crippen LogP contribution in [-0.4, -0.2) is 16.5 Å². The number of aryl methyl sites for hydroxylation is 1. The van der Waals surface area contributed by atoms with E-state index < -0.39 is 0 Å². The van der Waals surface area contributed by atoms with Crippen molar-refractivity contribution in [2.24, 2.45) is 0 Å². The molecular weight excluding hydrogens is 332 g/mol. The zero-order valence-electron chi connectivity index (χ0n) is 14.2. The third-order valence-corrected chi connectivity index (χ3v) is 4.07. The average Bonchev–Trinajstić information content (AvgIpc) is 2.62. The maximum absolute atomic E-state index is 6.01. The molecule has 25 heavy (non-hydrogen) atoms. The molecule has 5 heteroatoms. The quantitative estimate of drug-likeness (QED) is 0.646. The minimum absolute atomic E-state index is 0.619. The largest absolute Gasteiger partial charge is 0.370 e. The molecule has 2 aromatic carbocycles. The Balaban J connectivity index is 1.51. The number of nitrogens with zero attached hydrogens (tertiary/aromatic N) is 2. The van der Waals surface area contributed by atoms with E-state index in [2.05, 4.69) is 57.9 Å². The van der Waals surface area contributed by atoms with Crippen LogP contribution in [0.5, 0.6) is 0 Å². The summed E-state index contributed by atoms with van der Waals surface area (Å²) in [5.74, 6) is 1.43. The Morgan fingerprint density at radius 2 is 1.80 bits per heavy atom. The van der Waals surface area contributed by atoms with Crippen molar-refractivity contribution in [1.82, 2.24) is 9.97 Å². The lowest BCUT2D eigenvalue weighted by atomic mass is 10.1. The standard InChI is InChI=1S/C20H21ClN4/c1-15-5-7-17(8-6-15)14-24-20-23-12-10-19(25-20)22-11-9-16-3-2-4-18(21)13-16/h2-8,10,12-13H,9,11,14H2,1H3,(H2,22,23,24,25). The van der Waals surface area contributed by atoms with Crippen LogP contribution in [0.15, 0.2) is 60.8 Å². The van der Waals surface area contributed by atoms with E-state index in [-0.39, 0.29) is 0 Å². The van der Waals surface area contributed by atoms with E-state index in [9.17, 15) is 0 Å². The van der Waals surface area contributed by atoms with Crippen LogP contribution >= 0.6 is 11.6 Å². The van der Waals surface area contributed by atoms with E-state index in [1.165, 1.54) is 16.7 Å². The van der Waals surface area contributed by atoms with Crippen molar-refractivity contribution in [2.75, 3.05) is 17.2 Å². The molecule has 0 aliphatic heterocycles. The minimum Gasteiger partial charge on any atom is -0.370 e. The molecule has 1 aromatic heterocycles. The van der Waals surface area contributed by atoms with Crippen LogP contribution in [0.1, 0.15) is 16.7 Å². The van der Waals surface area contributed by atoms with Gasteiger partial charge in [-0.1, -0.05) is 53.6 Å². The van der Waals surface area contributed by atoms with Crippen LogP contribution in [-0.2, 0) is 13.0 Å². The number of hydrogen-bond donors (Lipinski definition) is 2. The summed E-state index contributed by atoms with van der Waals surface area (Å²) in [6.07, 6.45) is 2.64. The van der Waals surface area contributed by atoms with Gasteiger partial charge >= 0.3 is 0 Å². The molecule has 3 rings (SSSR count). The van der Waals surface area contributed by atoms with Gasteiger partial charge in [-0.2, -0.15) is 4.98 Å². The van der Waals surface area contributed by atoms with Crippen molar-refractivity contribution in [3.63, 3.8) is 0 Å². The van der Waals surface area contributed by atoms with Gasteiger partial charge in [0.15, 0.2) is 0 Å². The second-order valence-corrected chi connectivity index (χ2v) is 6.35. The Hall–Kier alpha value is -2.59. The molecule has 3 aromatic rings. The Bertz CT molecular complexity index is 818. The molecule has 0 saturated heterocycles. The molecule has 0 amide bonds. The van der Waals surface area contributed by atoms with Gasteiger partial charge in [0.25, 0.3) is 0 Å². The van der Waals surface area contributed by atoms with Gasteiger partial charge < -0.3 is 10.6 Å². The van der Waals surface area contributed by atoms with Gasteiger partial charge in [0.05, 0.1) is 0 Å². The maximum Gasteiger partial charge on any atom is 0.224 e. The first kappa shape index (κ1) is 17.2. The van der Waals surface area contributed by atoms with E-state index in [4.69, 9.17) is 11.6 Å². The topological polar surface area (TPSA) is 49.8 Å². The highest BCUT2D eigenvalue weighted by atomic mass is 35.5. The summed E-state index contributed by atoms with van der Waals surface area (Å²) in [6, 6.07) is 18.2. The summed E-state index contributed by atoms with van der Waals surface area (Å²) < 4.78 is 0. The fourth-order valence-corrected chi connectivity index (χ4v) is 2.67. The number of nitrogens with one attached hydrogen (secondary N) is 2. The SMILES string of the molecule is Cc1ccc(CNc2nccc(NCCc3cccc(Cl)c3)n2)cc1. The molecule has 0 bridgehead atoms. The van der Waals surface area contributed by atoms with Gasteiger partial charge in [-0.25, -0.2) is 4.98 Å². The molecule has 0 atom stereocenters. The van der Waals surface area contributed by atoms with Crippen molar-refractivity contribution >= 4 is 23.4 Å². The van der Waals surface area contributed by atoms with Crippen LogP contribution in [0.3, 0.4) is 0 Å². The summed E-state index contributed by atoms with van der Waals surface area (Å²) in [7, 11) is 0. The molecule has 0 fully saturated rings. The van der Waals surface area contributed by atoms with E-state index in [0.29, 0.717) is 12.5 Å². The molecule has 0 saturated carbocycles. The Morgan fingerprint density at radius 3 is 2.60 bits per heavy atom. The van der Waals surface area contributed by atoms with Gasteiger partial charge in [0, 0.05) is 24.3 Å². The predicted octanol–water partition coefficient (Wildman–Crippen LogP) is 4.71. The lowest BCUT2D eigenvalue weighted by molar-refractivity contribution is 0.991. The summed E-state index contributed by atoms with van der Waals surface area (Å²) in [4.78, 5) is 8.76. The number of halogens is 1. The zero-order valence-corrected chi connectivity index (χ0v) is 14.9.